The number of unbranched alkanes of at least 4 members (excludes halogenated alkanes) is 4. The Morgan fingerprint density at radius 2 is 1.88 bits per heavy atom. The lowest BCUT2D eigenvalue weighted by atomic mass is 10.1. The number of ether oxygens (including phenoxy) is 1. The van der Waals surface area contributed by atoms with Gasteiger partial charge in [-0.1, -0.05) is 39.0 Å². The van der Waals surface area contributed by atoms with Crippen molar-refractivity contribution in [3.63, 3.8) is 0 Å². The maximum absolute atomic E-state index is 5.80. The molecule has 0 radical (unpaired) electrons. The number of rotatable bonds is 11. The van der Waals surface area contributed by atoms with Crippen LogP contribution in [0.5, 0.6) is 0 Å². The van der Waals surface area contributed by atoms with E-state index in [0.29, 0.717) is 6.04 Å². The van der Waals surface area contributed by atoms with Crippen molar-refractivity contribution < 1.29 is 4.74 Å². The topological polar surface area (TPSA) is 38.5 Å². The Hall–Kier alpha value is -0.120. The monoisotopic (exact) mass is 230 g/mol. The van der Waals surface area contributed by atoms with Crippen LogP contribution in [0.25, 0.3) is 0 Å². The lowest BCUT2D eigenvalue weighted by Gasteiger charge is -2.26. The first-order valence-electron chi connectivity index (χ1n) is 6.65. The fourth-order valence-electron chi connectivity index (χ4n) is 1.92. The van der Waals surface area contributed by atoms with Crippen molar-refractivity contribution >= 4 is 0 Å². The third kappa shape index (κ3) is 8.08. The molecule has 0 bridgehead atoms. The van der Waals surface area contributed by atoms with E-state index in [4.69, 9.17) is 10.5 Å². The highest BCUT2D eigenvalue weighted by Gasteiger charge is 2.11. The van der Waals surface area contributed by atoms with Crippen LogP contribution >= 0.6 is 0 Å². The van der Waals surface area contributed by atoms with Gasteiger partial charge in [-0.3, -0.25) is 4.90 Å². The maximum atomic E-state index is 5.80. The van der Waals surface area contributed by atoms with E-state index in [1.165, 1.54) is 38.5 Å². The van der Waals surface area contributed by atoms with Gasteiger partial charge in [-0.05, 0) is 13.5 Å². The molecule has 0 aromatic carbocycles. The van der Waals surface area contributed by atoms with Crippen molar-refractivity contribution in [1.29, 1.82) is 0 Å². The molecule has 0 aromatic heterocycles. The van der Waals surface area contributed by atoms with Crippen LogP contribution < -0.4 is 5.73 Å². The van der Waals surface area contributed by atoms with Gasteiger partial charge in [0.25, 0.3) is 0 Å². The zero-order valence-electron chi connectivity index (χ0n) is 11.4. The van der Waals surface area contributed by atoms with Crippen LogP contribution in [0.3, 0.4) is 0 Å². The van der Waals surface area contributed by atoms with Gasteiger partial charge in [0.1, 0.15) is 0 Å². The van der Waals surface area contributed by atoms with E-state index in [1.54, 1.807) is 7.11 Å². The third-order valence-corrected chi connectivity index (χ3v) is 3.18. The second kappa shape index (κ2) is 11.4. The normalized spacial score (nSPS) is 13.3. The first kappa shape index (κ1) is 15.9. The zero-order chi connectivity index (χ0) is 12.2. The molecule has 0 spiro atoms. The molecule has 0 saturated carbocycles. The largest absolute Gasteiger partial charge is 0.383 e. The molecule has 0 aliphatic carbocycles. The molecule has 0 rings (SSSR count). The summed E-state index contributed by atoms with van der Waals surface area (Å²) in [6.07, 6.45) is 7.93. The molecule has 1 unspecified atom stereocenters. The Labute approximate surface area is 101 Å². The minimum atomic E-state index is 0.525. The lowest BCUT2D eigenvalue weighted by molar-refractivity contribution is 0.136. The van der Waals surface area contributed by atoms with Gasteiger partial charge in [-0.2, -0.15) is 0 Å². The van der Waals surface area contributed by atoms with E-state index in [2.05, 4.69) is 18.9 Å². The van der Waals surface area contributed by atoms with Crippen molar-refractivity contribution in [2.75, 3.05) is 33.9 Å². The number of hydrogen-bond acceptors (Lipinski definition) is 3. The van der Waals surface area contributed by atoms with Crippen molar-refractivity contribution in [2.24, 2.45) is 5.73 Å². The van der Waals surface area contributed by atoms with Crippen LogP contribution in [0.15, 0.2) is 0 Å². The first-order valence-corrected chi connectivity index (χ1v) is 6.65. The molecule has 0 fully saturated rings. The first-order chi connectivity index (χ1) is 7.76. The molecular weight excluding hydrogens is 200 g/mol. The summed E-state index contributed by atoms with van der Waals surface area (Å²) in [5.74, 6) is 0. The molecule has 0 heterocycles. The Balaban J connectivity index is 3.56. The fraction of sp³-hybridized carbons (Fsp3) is 1.00. The average Bonchev–Trinajstić information content (AvgIpc) is 2.31. The summed E-state index contributed by atoms with van der Waals surface area (Å²) >= 11 is 0. The van der Waals surface area contributed by atoms with Crippen molar-refractivity contribution in [3.05, 3.63) is 0 Å². The number of nitrogens with two attached hydrogens (primary N) is 1. The Bertz CT molecular complexity index is 142. The van der Waals surface area contributed by atoms with Crippen molar-refractivity contribution in [1.82, 2.24) is 4.90 Å². The maximum Gasteiger partial charge on any atom is 0.0589 e. The molecule has 0 amide bonds. The highest BCUT2D eigenvalue weighted by atomic mass is 16.5. The summed E-state index contributed by atoms with van der Waals surface area (Å²) in [7, 11) is 3.89. The Morgan fingerprint density at radius 3 is 2.44 bits per heavy atom. The minimum Gasteiger partial charge on any atom is -0.383 e. The van der Waals surface area contributed by atoms with Gasteiger partial charge in [0.05, 0.1) is 6.61 Å². The molecule has 0 aliphatic heterocycles. The van der Waals surface area contributed by atoms with Crippen LogP contribution in [0.4, 0.5) is 0 Å². The number of hydrogen-bond donors (Lipinski definition) is 1. The molecule has 3 nitrogen and oxygen atoms in total. The summed E-state index contributed by atoms with van der Waals surface area (Å²) in [4.78, 5) is 2.32. The summed E-state index contributed by atoms with van der Waals surface area (Å²) in [5, 5.41) is 0. The highest BCUT2D eigenvalue weighted by molar-refractivity contribution is 4.69. The van der Waals surface area contributed by atoms with E-state index in [0.717, 1.165) is 19.7 Å². The quantitative estimate of drug-likeness (QED) is 0.553. The van der Waals surface area contributed by atoms with E-state index >= 15 is 0 Å². The van der Waals surface area contributed by atoms with Gasteiger partial charge in [-0.25, -0.2) is 0 Å². The summed E-state index contributed by atoms with van der Waals surface area (Å²) in [6.45, 7) is 4.78. The molecule has 0 aromatic rings. The number of likely N-dealkylation sites (N-methyl/N-ethyl adjacent to an activating group) is 1. The van der Waals surface area contributed by atoms with Crippen LogP contribution in [-0.2, 0) is 4.74 Å². The second-order valence-corrected chi connectivity index (χ2v) is 4.57. The van der Waals surface area contributed by atoms with Gasteiger partial charge in [0.15, 0.2) is 0 Å². The molecule has 98 valence electrons. The van der Waals surface area contributed by atoms with E-state index in [9.17, 15) is 0 Å². The molecule has 16 heavy (non-hydrogen) atoms. The van der Waals surface area contributed by atoms with Gasteiger partial charge in [0, 0.05) is 26.2 Å². The van der Waals surface area contributed by atoms with Crippen LogP contribution in [0.2, 0.25) is 0 Å². The summed E-state index contributed by atoms with van der Waals surface area (Å²) in [6, 6.07) is 0.525. The number of nitrogens with zero attached hydrogens (tertiary/aromatic N) is 1. The predicted octanol–water partition coefficient (Wildman–Crippen LogP) is 2.25. The van der Waals surface area contributed by atoms with Crippen LogP contribution in [0, 0.1) is 0 Å². The van der Waals surface area contributed by atoms with Gasteiger partial charge in [-0.15, -0.1) is 0 Å². The van der Waals surface area contributed by atoms with Crippen LogP contribution in [0.1, 0.15) is 45.4 Å². The average molecular weight is 230 g/mol. The standard InChI is InChI=1S/C13H30N2O/c1-4-5-6-7-8-9-13(12-14)15(2)10-11-16-3/h13H,4-12,14H2,1-3H3. The van der Waals surface area contributed by atoms with Crippen molar-refractivity contribution in [2.45, 2.75) is 51.5 Å². The Kier molecular flexibility index (Phi) is 11.3. The van der Waals surface area contributed by atoms with E-state index < -0.39 is 0 Å². The summed E-state index contributed by atoms with van der Waals surface area (Å²) < 4.78 is 5.08. The van der Waals surface area contributed by atoms with E-state index in [1.807, 2.05) is 0 Å². The van der Waals surface area contributed by atoms with Gasteiger partial charge >= 0.3 is 0 Å². The highest BCUT2D eigenvalue weighted by Crippen LogP contribution is 2.10. The fourth-order valence-corrected chi connectivity index (χ4v) is 1.92. The zero-order valence-corrected chi connectivity index (χ0v) is 11.4. The predicted molar refractivity (Wildman–Crippen MR) is 70.7 cm³/mol. The molecule has 0 aliphatic rings. The SMILES string of the molecule is CCCCCCCC(CN)N(C)CCOC. The second-order valence-electron chi connectivity index (χ2n) is 4.57. The third-order valence-electron chi connectivity index (χ3n) is 3.18. The van der Waals surface area contributed by atoms with Gasteiger partial charge in [0.2, 0.25) is 0 Å². The molecule has 2 N–H and O–H groups in total. The Morgan fingerprint density at radius 1 is 1.19 bits per heavy atom. The van der Waals surface area contributed by atoms with Gasteiger partial charge < -0.3 is 10.5 Å². The number of methoxy groups -OCH3 is 1. The minimum absolute atomic E-state index is 0.525. The van der Waals surface area contributed by atoms with E-state index in [-0.39, 0.29) is 0 Å². The van der Waals surface area contributed by atoms with Crippen molar-refractivity contribution in [3.8, 4) is 0 Å². The molecular formula is C13H30N2O. The van der Waals surface area contributed by atoms with Crippen LogP contribution in [-0.4, -0.2) is 44.8 Å². The lowest BCUT2D eigenvalue weighted by Crippen LogP contribution is -2.39. The summed E-state index contributed by atoms with van der Waals surface area (Å²) in [5.41, 5.74) is 5.80. The smallest absolute Gasteiger partial charge is 0.0589 e. The molecule has 0 saturated heterocycles. The molecule has 1 atom stereocenters. The molecule has 3 heteroatoms.